The Labute approximate surface area is 279 Å². The molecule has 0 aromatic heterocycles. The molecule has 238 valence electrons. The van der Waals surface area contributed by atoms with Crippen LogP contribution in [0.2, 0.25) is 0 Å². The number of hydrogen-bond donors (Lipinski definition) is 0. The van der Waals surface area contributed by atoms with Gasteiger partial charge in [0.05, 0.1) is 12.6 Å². The maximum atomic E-state index is 14.1. The van der Waals surface area contributed by atoms with Gasteiger partial charge in [-0.25, -0.2) is 0 Å². The number of β-lactam (4-membered cyclic amide) rings is 1. The van der Waals surface area contributed by atoms with Gasteiger partial charge in [0, 0.05) is 22.8 Å². The predicted octanol–water partition coefficient (Wildman–Crippen LogP) is 8.10. The van der Waals surface area contributed by atoms with Crippen molar-refractivity contribution in [2.24, 2.45) is 0 Å². The summed E-state index contributed by atoms with van der Waals surface area (Å²) in [4.78, 5) is 31.3. The molecule has 5 atom stereocenters. The summed E-state index contributed by atoms with van der Waals surface area (Å²) < 4.78 is 20.2. The molecule has 8 heteroatoms. The summed E-state index contributed by atoms with van der Waals surface area (Å²) in [5, 5.41) is 0. The van der Waals surface area contributed by atoms with E-state index in [1.54, 1.807) is 23.8 Å². The van der Waals surface area contributed by atoms with Crippen molar-refractivity contribution in [3.63, 3.8) is 0 Å². The summed E-state index contributed by atoms with van der Waals surface area (Å²) in [6, 6.07) is 32.8. The maximum absolute atomic E-state index is 14.1. The van der Waals surface area contributed by atoms with Gasteiger partial charge in [-0.3, -0.25) is 14.5 Å². The van der Waals surface area contributed by atoms with Gasteiger partial charge in [0.1, 0.15) is 17.9 Å². The van der Waals surface area contributed by atoms with Crippen molar-refractivity contribution in [2.75, 3.05) is 18.6 Å². The number of ether oxygens (including phenoxy) is 3. The highest BCUT2D eigenvalue weighted by molar-refractivity contribution is 9.10. The van der Waals surface area contributed by atoms with Gasteiger partial charge in [-0.05, 0) is 61.2 Å². The molecule has 2 saturated heterocycles. The van der Waals surface area contributed by atoms with Crippen LogP contribution in [-0.4, -0.2) is 48.3 Å². The molecule has 2 fully saturated rings. The van der Waals surface area contributed by atoms with Crippen LogP contribution in [0.3, 0.4) is 0 Å². The lowest BCUT2D eigenvalue weighted by Gasteiger charge is -2.52. The lowest BCUT2D eigenvalue weighted by atomic mass is 9.88. The number of amides is 2. The van der Waals surface area contributed by atoms with E-state index in [9.17, 15) is 9.59 Å². The fourth-order valence-electron chi connectivity index (χ4n) is 6.23. The Morgan fingerprint density at radius 2 is 1.54 bits per heavy atom. The van der Waals surface area contributed by atoms with Crippen LogP contribution in [0.15, 0.2) is 108 Å². The van der Waals surface area contributed by atoms with E-state index < -0.39 is 24.0 Å². The average Bonchev–Trinajstić information content (AvgIpc) is 3.08. The van der Waals surface area contributed by atoms with E-state index >= 15 is 0 Å². The fourth-order valence-corrected chi connectivity index (χ4v) is 6.57. The normalized spacial score (nSPS) is 24.5. The highest BCUT2D eigenvalue weighted by Crippen LogP contribution is 2.48. The largest absolute Gasteiger partial charge is 0.493 e. The monoisotopic (exact) mass is 682 g/mol. The van der Waals surface area contributed by atoms with Crippen LogP contribution in [0.5, 0.6) is 5.75 Å². The molecule has 0 unspecified atom stereocenters. The number of hydrogen-bond acceptors (Lipinski definition) is 5. The molecule has 4 aromatic carbocycles. The van der Waals surface area contributed by atoms with E-state index in [-0.39, 0.29) is 17.9 Å². The van der Waals surface area contributed by atoms with Crippen molar-refractivity contribution in [1.29, 1.82) is 0 Å². The molecule has 0 aliphatic carbocycles. The second kappa shape index (κ2) is 13.4. The van der Waals surface area contributed by atoms with E-state index in [0.717, 1.165) is 45.3 Å². The van der Waals surface area contributed by atoms with Crippen molar-refractivity contribution in [2.45, 2.75) is 63.7 Å². The van der Waals surface area contributed by atoms with Gasteiger partial charge < -0.3 is 19.1 Å². The van der Waals surface area contributed by atoms with Crippen molar-refractivity contribution < 1.29 is 23.8 Å². The molecule has 2 heterocycles. The molecule has 6 rings (SSSR count). The van der Waals surface area contributed by atoms with Crippen molar-refractivity contribution in [3.05, 3.63) is 119 Å². The van der Waals surface area contributed by atoms with Crippen LogP contribution in [0, 0.1) is 0 Å². The highest BCUT2D eigenvalue weighted by Gasteiger charge is 2.58. The number of anilines is 1. The molecule has 2 aliphatic rings. The molecule has 2 aliphatic heterocycles. The maximum Gasteiger partial charge on any atom is 0.282 e. The molecule has 2 amide bonds. The van der Waals surface area contributed by atoms with E-state index in [4.69, 9.17) is 14.2 Å². The highest BCUT2D eigenvalue weighted by atomic mass is 79.9. The Morgan fingerprint density at radius 3 is 2.22 bits per heavy atom. The first kappa shape index (κ1) is 32.0. The topological polar surface area (TPSA) is 68.3 Å². The van der Waals surface area contributed by atoms with Gasteiger partial charge in [0.25, 0.3) is 11.8 Å². The van der Waals surface area contributed by atoms with Crippen molar-refractivity contribution in [1.82, 2.24) is 4.90 Å². The first-order valence-corrected chi connectivity index (χ1v) is 16.6. The van der Waals surface area contributed by atoms with Gasteiger partial charge in [-0.15, -0.1) is 0 Å². The number of unbranched alkanes of at least 4 members (excludes halogenated alkanes) is 1. The second-order valence-corrected chi connectivity index (χ2v) is 13.0. The number of morpholine rings is 1. The third-order valence-electron chi connectivity index (χ3n) is 8.94. The number of carbonyl (C=O) groups is 2. The van der Waals surface area contributed by atoms with Crippen LogP contribution >= 0.6 is 15.9 Å². The van der Waals surface area contributed by atoms with Gasteiger partial charge in [0.2, 0.25) is 5.79 Å². The third-order valence-corrected chi connectivity index (χ3v) is 9.43. The summed E-state index contributed by atoms with van der Waals surface area (Å²) in [6.07, 6.45) is 0.454. The number of carbonyl (C=O) groups excluding carboxylic acids is 2. The van der Waals surface area contributed by atoms with Crippen LogP contribution in [0.1, 0.15) is 56.9 Å². The van der Waals surface area contributed by atoms with E-state index in [1.807, 2.05) is 97.9 Å². The van der Waals surface area contributed by atoms with Crippen LogP contribution < -0.4 is 9.64 Å². The standard InChI is InChI=1S/C38H39BrN2O5/c1-5-6-23-44-32-24-29(39)19-22-31(32)33-35(36(42)41(33)30-20-17-27(18-21-30)26-13-9-7-10-14-26)46-38(3)37(43)40(4)25(2)34(45-38)28-15-11-8-12-16-28/h7-22,24-25,33-35H,5-6,23H2,1-4H3/t25-,33+,34-,35-,38+/m0/s1. The number of benzene rings is 4. The number of rotatable bonds is 10. The zero-order chi connectivity index (χ0) is 32.4. The average molecular weight is 684 g/mol. The summed E-state index contributed by atoms with van der Waals surface area (Å²) in [7, 11) is 1.75. The molecule has 0 N–H and O–H groups in total. The molecule has 0 radical (unpaired) electrons. The predicted molar refractivity (Wildman–Crippen MR) is 182 cm³/mol. The van der Waals surface area contributed by atoms with Crippen LogP contribution in [-0.2, 0) is 19.1 Å². The lowest BCUT2D eigenvalue weighted by Crippen LogP contribution is -2.67. The van der Waals surface area contributed by atoms with Crippen molar-refractivity contribution in [3.8, 4) is 16.9 Å². The molecule has 7 nitrogen and oxygen atoms in total. The Hall–Kier alpha value is -3.98. The van der Waals surface area contributed by atoms with E-state index in [2.05, 4.69) is 35.0 Å². The molecular formula is C38H39BrN2O5. The van der Waals surface area contributed by atoms with Gasteiger partial charge >= 0.3 is 0 Å². The Morgan fingerprint density at radius 1 is 0.891 bits per heavy atom. The van der Waals surface area contributed by atoms with Gasteiger partial charge in [0.15, 0.2) is 6.10 Å². The van der Waals surface area contributed by atoms with Crippen LogP contribution in [0.25, 0.3) is 11.1 Å². The summed E-state index contributed by atoms with van der Waals surface area (Å²) >= 11 is 3.59. The summed E-state index contributed by atoms with van der Waals surface area (Å²) in [5.74, 6) is -1.62. The first-order chi connectivity index (χ1) is 22.2. The van der Waals surface area contributed by atoms with E-state index in [0.29, 0.717) is 12.4 Å². The minimum Gasteiger partial charge on any atom is -0.493 e. The quantitative estimate of drug-likeness (QED) is 0.125. The number of likely N-dealkylation sites (N-methyl/N-ethyl adjacent to an activating group) is 1. The molecule has 0 spiro atoms. The van der Waals surface area contributed by atoms with Gasteiger partial charge in [-0.2, -0.15) is 0 Å². The van der Waals surface area contributed by atoms with E-state index in [1.165, 1.54) is 0 Å². The number of nitrogens with zero attached hydrogens (tertiary/aromatic N) is 2. The molecular weight excluding hydrogens is 644 g/mol. The Kier molecular flexibility index (Phi) is 9.32. The zero-order valence-electron chi connectivity index (χ0n) is 26.6. The Bertz CT molecular complexity index is 1680. The summed E-state index contributed by atoms with van der Waals surface area (Å²) in [5.41, 5.74) is 4.59. The second-order valence-electron chi connectivity index (χ2n) is 12.0. The SMILES string of the molecule is CCCCOc1cc(Br)ccc1[C@@H]1[C@H](O[C@@]2(C)O[C@H](c3ccccc3)[C@H](C)N(C)C2=O)C(=O)N1c1ccc(-c2ccccc2)cc1. The van der Waals surface area contributed by atoms with Gasteiger partial charge in [-0.1, -0.05) is 108 Å². The third kappa shape index (κ3) is 6.09. The molecule has 46 heavy (non-hydrogen) atoms. The summed E-state index contributed by atoms with van der Waals surface area (Å²) in [6.45, 7) is 6.23. The lowest BCUT2D eigenvalue weighted by molar-refractivity contribution is -0.290. The van der Waals surface area contributed by atoms with Crippen LogP contribution in [0.4, 0.5) is 5.69 Å². The first-order valence-electron chi connectivity index (χ1n) is 15.8. The molecule has 0 bridgehead atoms. The fraction of sp³-hybridized carbons (Fsp3) is 0.316. The van der Waals surface area contributed by atoms with Crippen molar-refractivity contribution >= 4 is 33.4 Å². The minimum absolute atomic E-state index is 0.232. The zero-order valence-corrected chi connectivity index (χ0v) is 28.1. The smallest absolute Gasteiger partial charge is 0.282 e. The molecule has 0 saturated carbocycles. The minimum atomic E-state index is -1.69. The number of halogens is 1. The molecule has 4 aromatic rings. The Balaban J connectivity index is 1.36.